The van der Waals surface area contributed by atoms with Crippen LogP contribution in [0.4, 0.5) is 0 Å². The van der Waals surface area contributed by atoms with Gasteiger partial charge in [-0.15, -0.1) is 10.2 Å². The summed E-state index contributed by atoms with van der Waals surface area (Å²) in [7, 11) is 0. The second-order valence-electron chi connectivity index (χ2n) is 9.59. The number of nitrogens with zero attached hydrogens (tertiary/aromatic N) is 4. The molecular formula is C28H33N5O2. The number of piperidine rings is 1. The normalized spacial score (nSPS) is 15.0. The molecule has 0 spiro atoms. The van der Waals surface area contributed by atoms with E-state index in [0.29, 0.717) is 24.9 Å². The summed E-state index contributed by atoms with van der Waals surface area (Å²) >= 11 is 0. The van der Waals surface area contributed by atoms with Crippen molar-refractivity contribution in [2.75, 3.05) is 13.1 Å². The number of para-hydroxylation sites is 1. The summed E-state index contributed by atoms with van der Waals surface area (Å²) in [6, 6.07) is 16.4. The third kappa shape index (κ3) is 5.46. The van der Waals surface area contributed by atoms with Gasteiger partial charge in [-0.25, -0.2) is 0 Å². The molecule has 5 rings (SSSR count). The van der Waals surface area contributed by atoms with Crippen molar-refractivity contribution in [2.45, 2.75) is 52.7 Å². The average Bonchev–Trinajstić information content (AvgIpc) is 3.49. The molecule has 0 radical (unpaired) electrons. The van der Waals surface area contributed by atoms with Crippen molar-refractivity contribution in [3.63, 3.8) is 0 Å². The van der Waals surface area contributed by atoms with Gasteiger partial charge in [0, 0.05) is 23.6 Å². The van der Waals surface area contributed by atoms with E-state index in [0.717, 1.165) is 47.5 Å². The predicted molar refractivity (Wildman–Crippen MR) is 137 cm³/mol. The zero-order valence-electron chi connectivity index (χ0n) is 20.5. The Kier molecular flexibility index (Phi) is 6.95. The largest absolute Gasteiger partial charge is 0.419 e. The van der Waals surface area contributed by atoms with Gasteiger partial charge in [-0.1, -0.05) is 56.3 Å². The van der Waals surface area contributed by atoms with Crippen LogP contribution in [0.5, 0.6) is 0 Å². The van der Waals surface area contributed by atoms with Crippen molar-refractivity contribution in [2.24, 2.45) is 5.92 Å². The molecule has 1 aliphatic heterocycles. The molecule has 1 saturated heterocycles. The van der Waals surface area contributed by atoms with Gasteiger partial charge in [-0.2, -0.15) is 0 Å². The molecule has 1 fully saturated rings. The fourth-order valence-corrected chi connectivity index (χ4v) is 4.69. The van der Waals surface area contributed by atoms with E-state index in [4.69, 9.17) is 4.42 Å². The lowest BCUT2D eigenvalue weighted by molar-refractivity contribution is -0.121. The number of hydrogen-bond donors (Lipinski definition) is 1. The number of carbonyl (C=O) groups is 1. The Morgan fingerprint density at radius 3 is 2.57 bits per heavy atom. The zero-order valence-corrected chi connectivity index (χ0v) is 20.5. The van der Waals surface area contributed by atoms with Crippen LogP contribution in [0.1, 0.15) is 43.7 Å². The minimum atomic E-state index is -0.0394. The first-order chi connectivity index (χ1) is 17.1. The van der Waals surface area contributed by atoms with Crippen LogP contribution in [0.3, 0.4) is 0 Å². The van der Waals surface area contributed by atoms with Gasteiger partial charge in [0.05, 0.1) is 12.1 Å². The first-order valence-corrected chi connectivity index (χ1v) is 12.6. The second-order valence-corrected chi connectivity index (χ2v) is 9.59. The Labute approximate surface area is 206 Å². The molecule has 3 heterocycles. The first-order valence-electron chi connectivity index (χ1n) is 12.6. The number of aromatic nitrogens is 3. The van der Waals surface area contributed by atoms with Gasteiger partial charge in [0.1, 0.15) is 6.54 Å². The summed E-state index contributed by atoms with van der Waals surface area (Å²) < 4.78 is 8.03. The number of benzene rings is 2. The molecule has 0 atom stereocenters. The molecule has 4 aromatic rings. The molecule has 0 unspecified atom stereocenters. The maximum atomic E-state index is 12.8. The fourth-order valence-electron chi connectivity index (χ4n) is 4.69. The van der Waals surface area contributed by atoms with Gasteiger partial charge in [0.15, 0.2) is 0 Å². The van der Waals surface area contributed by atoms with E-state index in [9.17, 15) is 4.79 Å². The molecule has 2 aromatic heterocycles. The topological polar surface area (TPSA) is 76.2 Å². The minimum Gasteiger partial charge on any atom is -0.419 e. The number of amides is 1. The minimum absolute atomic E-state index is 0.0394. The van der Waals surface area contributed by atoms with Gasteiger partial charge < -0.3 is 14.3 Å². The molecule has 2 aromatic carbocycles. The van der Waals surface area contributed by atoms with Gasteiger partial charge in [0.25, 0.3) is 0 Å². The van der Waals surface area contributed by atoms with Crippen molar-refractivity contribution < 1.29 is 9.21 Å². The van der Waals surface area contributed by atoms with Gasteiger partial charge in [0.2, 0.25) is 17.7 Å². The fraction of sp³-hybridized carbons (Fsp3) is 0.393. The summed E-state index contributed by atoms with van der Waals surface area (Å²) in [6.07, 6.45) is 5.37. The lowest BCUT2D eigenvalue weighted by Crippen LogP contribution is -2.32. The maximum Gasteiger partial charge on any atom is 0.249 e. The van der Waals surface area contributed by atoms with Crippen LogP contribution in [-0.4, -0.2) is 38.7 Å². The number of rotatable bonds is 8. The van der Waals surface area contributed by atoms with Crippen molar-refractivity contribution in [1.29, 1.82) is 0 Å². The Balaban J connectivity index is 1.28. The molecule has 0 aliphatic carbocycles. The van der Waals surface area contributed by atoms with E-state index < -0.39 is 0 Å². The van der Waals surface area contributed by atoms with Gasteiger partial charge in [-0.3, -0.25) is 9.69 Å². The lowest BCUT2D eigenvalue weighted by atomic mass is 9.99. The lowest BCUT2D eigenvalue weighted by Gasteiger charge is -2.28. The molecule has 7 heteroatoms. The molecular weight excluding hydrogens is 438 g/mol. The van der Waals surface area contributed by atoms with Gasteiger partial charge in [-0.05, 0) is 55.5 Å². The molecule has 0 saturated carbocycles. The van der Waals surface area contributed by atoms with Crippen molar-refractivity contribution in [1.82, 2.24) is 25.0 Å². The van der Waals surface area contributed by atoms with E-state index >= 15 is 0 Å². The van der Waals surface area contributed by atoms with Crippen LogP contribution >= 0.6 is 0 Å². The number of aryl methyl sites for hydroxylation is 1. The Hall–Kier alpha value is -3.45. The highest BCUT2D eigenvalue weighted by molar-refractivity contribution is 5.94. The van der Waals surface area contributed by atoms with Crippen molar-refractivity contribution >= 4 is 16.8 Å². The molecule has 182 valence electrons. The van der Waals surface area contributed by atoms with Crippen LogP contribution in [-0.2, 0) is 30.8 Å². The van der Waals surface area contributed by atoms with E-state index in [1.54, 1.807) is 0 Å². The quantitative estimate of drug-likeness (QED) is 0.399. The molecule has 7 nitrogen and oxygen atoms in total. The van der Waals surface area contributed by atoms with Gasteiger partial charge >= 0.3 is 0 Å². The van der Waals surface area contributed by atoms with Crippen molar-refractivity contribution in [3.8, 4) is 11.5 Å². The van der Waals surface area contributed by atoms with Crippen molar-refractivity contribution in [3.05, 3.63) is 71.7 Å². The highest BCUT2D eigenvalue weighted by Crippen LogP contribution is 2.30. The maximum absolute atomic E-state index is 12.8. The Morgan fingerprint density at radius 1 is 1.06 bits per heavy atom. The van der Waals surface area contributed by atoms with Crippen LogP contribution < -0.4 is 5.32 Å². The molecule has 0 bridgehead atoms. The average molecular weight is 472 g/mol. The monoisotopic (exact) mass is 471 g/mol. The van der Waals surface area contributed by atoms with Crippen LogP contribution in [0, 0.1) is 5.92 Å². The smallest absolute Gasteiger partial charge is 0.249 e. The third-order valence-corrected chi connectivity index (χ3v) is 6.96. The van der Waals surface area contributed by atoms with Crippen LogP contribution in [0.25, 0.3) is 22.4 Å². The third-order valence-electron chi connectivity index (χ3n) is 6.96. The summed E-state index contributed by atoms with van der Waals surface area (Å²) in [4.78, 5) is 15.1. The highest BCUT2D eigenvalue weighted by atomic mass is 16.4. The number of fused-ring (bicyclic) bond motifs is 1. The molecule has 1 aliphatic rings. The Morgan fingerprint density at radius 2 is 1.80 bits per heavy atom. The molecule has 1 amide bonds. The van der Waals surface area contributed by atoms with E-state index in [1.165, 1.54) is 18.4 Å². The second kappa shape index (κ2) is 10.4. The van der Waals surface area contributed by atoms with Crippen LogP contribution in [0.2, 0.25) is 0 Å². The van der Waals surface area contributed by atoms with E-state index in [1.807, 2.05) is 35.0 Å². The highest BCUT2D eigenvalue weighted by Gasteiger charge is 2.20. The standard InChI is InChI=1S/C28H33N5O2/c1-3-21-8-10-22(11-9-21)16-29-26(34)18-33-17-24(23-6-4-5-7-25(23)33)28-31-30-27(35-28)19-32-14-12-20(2)13-15-32/h4-11,17,20H,3,12-16,18-19H2,1-2H3,(H,29,34). The number of likely N-dealkylation sites (tertiary alicyclic amines) is 1. The number of carbonyl (C=O) groups excluding carboxylic acids is 1. The molecule has 1 N–H and O–H groups in total. The molecule has 35 heavy (non-hydrogen) atoms. The van der Waals surface area contributed by atoms with Crippen LogP contribution in [0.15, 0.2) is 59.1 Å². The van der Waals surface area contributed by atoms with E-state index in [-0.39, 0.29) is 12.5 Å². The first kappa shape index (κ1) is 23.3. The summed E-state index contributed by atoms with van der Waals surface area (Å²) in [6.45, 7) is 7.99. The number of hydrogen-bond acceptors (Lipinski definition) is 5. The summed E-state index contributed by atoms with van der Waals surface area (Å²) in [5.41, 5.74) is 4.21. The zero-order chi connectivity index (χ0) is 24.2. The number of nitrogens with one attached hydrogen (secondary N) is 1. The summed E-state index contributed by atoms with van der Waals surface area (Å²) in [5.74, 6) is 1.88. The predicted octanol–water partition coefficient (Wildman–Crippen LogP) is 4.80. The van der Waals surface area contributed by atoms with E-state index in [2.05, 4.69) is 58.5 Å². The SMILES string of the molecule is CCc1ccc(CNC(=O)Cn2cc(-c3nnc(CN4CCC(C)CC4)o3)c3ccccc32)cc1. The summed E-state index contributed by atoms with van der Waals surface area (Å²) in [5, 5.41) is 12.7. The Bertz CT molecular complexity index is 1280.